The van der Waals surface area contributed by atoms with Crippen molar-refractivity contribution in [1.82, 2.24) is 25.2 Å². The second-order valence-electron chi connectivity index (χ2n) is 10.3. The third-order valence-electron chi connectivity index (χ3n) is 7.43. The molecule has 10 heteroatoms. The van der Waals surface area contributed by atoms with Crippen molar-refractivity contribution in [2.24, 2.45) is 11.3 Å². The molecule has 1 atom stereocenters. The molecule has 1 unspecified atom stereocenters. The molecular weight excluding hydrogens is 470 g/mol. The van der Waals surface area contributed by atoms with Gasteiger partial charge < -0.3 is 20.0 Å². The second kappa shape index (κ2) is 9.68. The fourth-order valence-electron chi connectivity index (χ4n) is 5.03. The molecule has 192 valence electrons. The zero-order valence-electron chi connectivity index (χ0n) is 21.2. The molecule has 0 radical (unpaired) electrons. The summed E-state index contributed by atoms with van der Waals surface area (Å²) in [6.07, 6.45) is 2.08. The molecular formula is C27H31N7O3. The summed E-state index contributed by atoms with van der Waals surface area (Å²) in [5.74, 6) is 1.73. The van der Waals surface area contributed by atoms with E-state index < -0.39 is 0 Å². The van der Waals surface area contributed by atoms with E-state index in [0.29, 0.717) is 28.6 Å². The average molecular weight is 502 g/mol. The minimum atomic E-state index is -0.250. The van der Waals surface area contributed by atoms with E-state index in [0.717, 1.165) is 42.9 Å². The zero-order valence-corrected chi connectivity index (χ0v) is 21.2. The number of carbonyl (C=O) groups is 1. The van der Waals surface area contributed by atoms with E-state index in [9.17, 15) is 5.11 Å². The van der Waals surface area contributed by atoms with E-state index in [1.54, 1.807) is 12.1 Å². The molecule has 2 aromatic carbocycles. The minimum absolute atomic E-state index is 0.213. The summed E-state index contributed by atoms with van der Waals surface area (Å²) in [6, 6.07) is 15.9. The minimum Gasteiger partial charge on any atom is -0.507 e. The Morgan fingerprint density at radius 1 is 0.946 bits per heavy atom. The lowest BCUT2D eigenvalue weighted by molar-refractivity contribution is -0.122. The van der Waals surface area contributed by atoms with E-state index >= 15 is 0 Å². The summed E-state index contributed by atoms with van der Waals surface area (Å²) in [5.41, 5.74) is 3.75. The molecule has 4 aromatic rings. The summed E-state index contributed by atoms with van der Waals surface area (Å²) in [7, 11) is 0. The summed E-state index contributed by atoms with van der Waals surface area (Å²) >= 11 is 0. The summed E-state index contributed by atoms with van der Waals surface area (Å²) in [5, 5.41) is 35.6. The molecule has 2 aromatic heterocycles. The van der Waals surface area contributed by atoms with Crippen molar-refractivity contribution in [3.05, 3.63) is 54.7 Å². The molecule has 0 saturated carbocycles. The Morgan fingerprint density at radius 2 is 1.65 bits per heavy atom. The number of anilines is 2. The van der Waals surface area contributed by atoms with Crippen LogP contribution in [0, 0.1) is 11.3 Å². The molecule has 6 rings (SSSR count). The van der Waals surface area contributed by atoms with Gasteiger partial charge in [-0.15, -0.1) is 15.3 Å². The number of phenolic OH excluding ortho intramolecular Hbond substituents is 1. The van der Waals surface area contributed by atoms with Crippen LogP contribution in [0.4, 0.5) is 11.5 Å². The van der Waals surface area contributed by atoms with Crippen LogP contribution >= 0.6 is 0 Å². The maximum atomic E-state index is 10.1. The summed E-state index contributed by atoms with van der Waals surface area (Å²) < 4.78 is 1.98. The van der Waals surface area contributed by atoms with Gasteiger partial charge in [0.1, 0.15) is 5.75 Å². The number of nitrogens with zero attached hydrogens (tertiary/aromatic N) is 7. The Balaban J connectivity index is 0.000000892. The molecule has 2 aliphatic rings. The van der Waals surface area contributed by atoms with Gasteiger partial charge in [-0.25, -0.2) is 4.68 Å². The maximum Gasteiger partial charge on any atom is 0.290 e. The fourth-order valence-corrected chi connectivity index (χ4v) is 5.03. The van der Waals surface area contributed by atoms with Gasteiger partial charge in [0.15, 0.2) is 5.82 Å². The monoisotopic (exact) mass is 501 g/mol. The first-order valence-electron chi connectivity index (χ1n) is 12.4. The van der Waals surface area contributed by atoms with Crippen LogP contribution < -0.4 is 9.80 Å². The molecule has 2 aliphatic heterocycles. The molecule has 37 heavy (non-hydrogen) atoms. The fraction of sp³-hybridized carbons (Fsp3) is 0.370. The van der Waals surface area contributed by atoms with Crippen LogP contribution in [0.2, 0.25) is 0 Å². The quantitative estimate of drug-likeness (QED) is 0.393. The van der Waals surface area contributed by atoms with Crippen LogP contribution in [-0.2, 0) is 4.79 Å². The molecule has 0 amide bonds. The smallest absolute Gasteiger partial charge is 0.290 e. The molecule has 0 bridgehead atoms. The van der Waals surface area contributed by atoms with Crippen molar-refractivity contribution < 1.29 is 15.0 Å². The highest BCUT2D eigenvalue weighted by Gasteiger charge is 2.52. The number of phenols is 1. The van der Waals surface area contributed by atoms with Crippen LogP contribution in [0.1, 0.15) is 26.8 Å². The van der Waals surface area contributed by atoms with Crippen molar-refractivity contribution in [1.29, 1.82) is 0 Å². The molecule has 2 fully saturated rings. The number of aromatic hydroxyl groups is 1. The van der Waals surface area contributed by atoms with Gasteiger partial charge in [0.25, 0.3) is 6.47 Å². The van der Waals surface area contributed by atoms with Crippen LogP contribution in [-0.4, -0.2) is 68.1 Å². The number of hydrogen-bond acceptors (Lipinski definition) is 8. The lowest BCUT2D eigenvalue weighted by Gasteiger charge is -2.61. The highest BCUT2D eigenvalue weighted by Crippen LogP contribution is 2.43. The predicted molar refractivity (Wildman–Crippen MR) is 142 cm³/mol. The van der Waals surface area contributed by atoms with E-state index in [-0.39, 0.29) is 12.2 Å². The molecule has 10 nitrogen and oxygen atoms in total. The van der Waals surface area contributed by atoms with Crippen LogP contribution in [0.3, 0.4) is 0 Å². The number of para-hydroxylation sites is 1. The third-order valence-corrected chi connectivity index (χ3v) is 7.43. The number of carboxylic acid groups (broad SMARTS) is 1. The van der Waals surface area contributed by atoms with Gasteiger partial charge in [-0.2, -0.15) is 0 Å². The van der Waals surface area contributed by atoms with Crippen LogP contribution in [0.15, 0.2) is 54.7 Å². The Bertz CT molecular complexity index is 1410. The topological polar surface area (TPSA) is 121 Å². The lowest BCUT2D eigenvalue weighted by Crippen LogP contribution is -2.72. The molecule has 4 heterocycles. The number of hydrogen-bond donors (Lipinski definition) is 2. The van der Waals surface area contributed by atoms with Gasteiger partial charge in [0, 0.05) is 48.2 Å². The molecule has 2 saturated heterocycles. The van der Waals surface area contributed by atoms with Gasteiger partial charge in [0.2, 0.25) is 0 Å². The van der Waals surface area contributed by atoms with E-state index in [1.165, 1.54) is 5.69 Å². The molecule has 1 spiro atoms. The van der Waals surface area contributed by atoms with Crippen molar-refractivity contribution >= 4 is 28.9 Å². The standard InChI is InChI=1S/C26H29N7O.CH2O2/c1-17(2)18(3)33-12-25(29-30-33)32-15-26(16-32)13-31(14-26)20-9-8-19-10-23(28-27-22(19)11-20)21-6-4-5-7-24(21)34;2-1-3/h4-12,17-18,34H,13-16H2,1-3H3;1H,(H,2,3). The van der Waals surface area contributed by atoms with Crippen molar-refractivity contribution in [3.63, 3.8) is 0 Å². The first kappa shape index (κ1) is 24.5. The lowest BCUT2D eigenvalue weighted by atomic mass is 9.72. The Labute approximate surface area is 215 Å². The number of rotatable bonds is 5. The van der Waals surface area contributed by atoms with Gasteiger partial charge in [-0.05, 0) is 43.2 Å². The molecule has 2 N–H and O–H groups in total. The van der Waals surface area contributed by atoms with Gasteiger partial charge >= 0.3 is 0 Å². The van der Waals surface area contributed by atoms with E-state index in [4.69, 9.17) is 9.90 Å². The zero-order chi connectivity index (χ0) is 26.2. The van der Waals surface area contributed by atoms with Crippen LogP contribution in [0.25, 0.3) is 22.2 Å². The first-order chi connectivity index (χ1) is 17.8. The van der Waals surface area contributed by atoms with Crippen molar-refractivity contribution in [2.75, 3.05) is 36.0 Å². The van der Waals surface area contributed by atoms with Crippen LogP contribution in [0.5, 0.6) is 5.75 Å². The summed E-state index contributed by atoms with van der Waals surface area (Å²) in [4.78, 5) is 13.1. The normalized spacial score (nSPS) is 16.6. The predicted octanol–water partition coefficient (Wildman–Crippen LogP) is 3.84. The van der Waals surface area contributed by atoms with Gasteiger partial charge in [-0.3, -0.25) is 4.79 Å². The Kier molecular flexibility index (Phi) is 6.41. The summed E-state index contributed by atoms with van der Waals surface area (Å²) in [6.45, 7) is 10.5. The number of aromatic nitrogens is 5. The highest BCUT2D eigenvalue weighted by atomic mass is 16.3. The number of fused-ring (bicyclic) bond motifs is 1. The third kappa shape index (κ3) is 4.66. The van der Waals surface area contributed by atoms with Crippen molar-refractivity contribution in [3.8, 4) is 17.0 Å². The van der Waals surface area contributed by atoms with Crippen molar-refractivity contribution in [2.45, 2.75) is 26.8 Å². The first-order valence-corrected chi connectivity index (χ1v) is 12.4. The molecule has 0 aliphatic carbocycles. The average Bonchev–Trinajstić information content (AvgIpc) is 3.32. The highest BCUT2D eigenvalue weighted by molar-refractivity contribution is 5.85. The Hall–Kier alpha value is -4.21. The Morgan fingerprint density at radius 3 is 2.35 bits per heavy atom. The second-order valence-corrected chi connectivity index (χ2v) is 10.3. The SMILES string of the molecule is CC(C)C(C)n1cc(N2CC3(CN(c4ccc5cc(-c6ccccc6O)nnc5c4)C3)C2)nn1.O=CO. The van der Waals surface area contributed by atoms with Gasteiger partial charge in [-0.1, -0.05) is 37.3 Å². The van der Waals surface area contributed by atoms with Gasteiger partial charge in [0.05, 0.1) is 23.4 Å². The number of benzene rings is 2. The van der Waals surface area contributed by atoms with E-state index in [1.807, 2.05) is 22.9 Å². The van der Waals surface area contributed by atoms with E-state index in [2.05, 4.69) is 75.5 Å². The largest absolute Gasteiger partial charge is 0.507 e. The maximum absolute atomic E-state index is 10.1.